The molecule has 20 heavy (non-hydrogen) atoms. The second-order valence-corrected chi connectivity index (χ2v) is 6.31. The molecule has 0 heterocycles. The van der Waals surface area contributed by atoms with Crippen LogP contribution >= 0.6 is 0 Å². The smallest absolute Gasteiger partial charge is 0.126 e. The zero-order valence-corrected chi connectivity index (χ0v) is 12.5. The van der Waals surface area contributed by atoms with Crippen LogP contribution in [-0.4, -0.2) is 12.6 Å². The van der Waals surface area contributed by atoms with E-state index < -0.39 is 11.6 Å². The highest BCUT2D eigenvalue weighted by Crippen LogP contribution is 2.39. The van der Waals surface area contributed by atoms with Crippen molar-refractivity contribution < 1.29 is 8.78 Å². The molecule has 1 aliphatic rings. The second-order valence-electron chi connectivity index (χ2n) is 6.31. The third kappa shape index (κ3) is 3.78. The fraction of sp³-hybridized carbons (Fsp3) is 0.647. The van der Waals surface area contributed by atoms with Gasteiger partial charge in [-0.3, -0.25) is 0 Å². The highest BCUT2D eigenvalue weighted by molar-refractivity contribution is 5.19. The van der Waals surface area contributed by atoms with Crippen molar-refractivity contribution in [2.45, 2.75) is 58.4 Å². The van der Waals surface area contributed by atoms with Crippen LogP contribution in [0.3, 0.4) is 0 Å². The zero-order chi connectivity index (χ0) is 14.6. The molecular formula is C17H25F2N. The molecule has 1 aromatic rings. The molecular weight excluding hydrogens is 256 g/mol. The first-order valence-electron chi connectivity index (χ1n) is 7.72. The maximum absolute atomic E-state index is 13.3. The zero-order valence-electron chi connectivity index (χ0n) is 12.5. The standard InChI is InChI=1S/C17H25F2N/c1-3-20-16(17(2)7-5-4-6-8-17)11-13-9-14(18)12-15(19)10-13/h9-10,12,16,20H,3-8,11H2,1-2H3. The Morgan fingerprint density at radius 2 is 1.70 bits per heavy atom. The molecule has 112 valence electrons. The van der Waals surface area contributed by atoms with Gasteiger partial charge in [-0.1, -0.05) is 33.1 Å². The van der Waals surface area contributed by atoms with E-state index in [1.807, 2.05) is 0 Å². The Morgan fingerprint density at radius 3 is 2.25 bits per heavy atom. The van der Waals surface area contributed by atoms with E-state index in [0.29, 0.717) is 6.42 Å². The lowest BCUT2D eigenvalue weighted by molar-refractivity contribution is 0.144. The van der Waals surface area contributed by atoms with E-state index in [1.165, 1.54) is 44.2 Å². The molecule has 1 fully saturated rings. The number of nitrogens with one attached hydrogen (secondary N) is 1. The minimum Gasteiger partial charge on any atom is -0.313 e. The lowest BCUT2D eigenvalue weighted by Crippen LogP contribution is -2.46. The van der Waals surface area contributed by atoms with Gasteiger partial charge in [0, 0.05) is 12.1 Å². The minimum absolute atomic E-state index is 0.233. The predicted octanol–water partition coefficient (Wildman–Crippen LogP) is 4.46. The van der Waals surface area contributed by atoms with Crippen LogP contribution in [-0.2, 0) is 6.42 Å². The SMILES string of the molecule is CCNC(Cc1cc(F)cc(F)c1)C1(C)CCCCC1. The first-order valence-corrected chi connectivity index (χ1v) is 7.72. The molecule has 0 spiro atoms. The summed E-state index contributed by atoms with van der Waals surface area (Å²) < 4.78 is 26.7. The van der Waals surface area contributed by atoms with Crippen molar-refractivity contribution in [3.63, 3.8) is 0 Å². The van der Waals surface area contributed by atoms with Gasteiger partial charge in [-0.05, 0) is 48.9 Å². The number of rotatable bonds is 5. The minimum atomic E-state index is -0.482. The Hall–Kier alpha value is -0.960. The Labute approximate surface area is 120 Å². The summed E-state index contributed by atoms with van der Waals surface area (Å²) >= 11 is 0. The van der Waals surface area contributed by atoms with Gasteiger partial charge in [-0.2, -0.15) is 0 Å². The van der Waals surface area contributed by atoms with Crippen molar-refractivity contribution in [3.05, 3.63) is 35.4 Å². The first-order chi connectivity index (χ1) is 9.53. The topological polar surface area (TPSA) is 12.0 Å². The molecule has 1 aliphatic carbocycles. The number of halogens is 2. The van der Waals surface area contributed by atoms with Crippen molar-refractivity contribution >= 4 is 0 Å². The van der Waals surface area contributed by atoms with Crippen LogP contribution in [0.2, 0.25) is 0 Å². The van der Waals surface area contributed by atoms with Crippen molar-refractivity contribution in [1.29, 1.82) is 0 Å². The molecule has 0 aliphatic heterocycles. The van der Waals surface area contributed by atoms with E-state index in [1.54, 1.807) is 0 Å². The highest BCUT2D eigenvalue weighted by atomic mass is 19.1. The van der Waals surface area contributed by atoms with Crippen LogP contribution in [0.15, 0.2) is 18.2 Å². The molecule has 1 atom stereocenters. The van der Waals surface area contributed by atoms with Gasteiger partial charge in [0.25, 0.3) is 0 Å². The molecule has 2 rings (SSSR count). The lowest BCUT2D eigenvalue weighted by atomic mass is 9.69. The van der Waals surface area contributed by atoms with E-state index in [-0.39, 0.29) is 11.5 Å². The van der Waals surface area contributed by atoms with Gasteiger partial charge in [0.2, 0.25) is 0 Å². The normalized spacial score (nSPS) is 19.8. The molecule has 0 saturated heterocycles. The Morgan fingerprint density at radius 1 is 1.10 bits per heavy atom. The summed E-state index contributed by atoms with van der Waals surface area (Å²) in [5.41, 5.74) is 0.983. The monoisotopic (exact) mass is 281 g/mol. The highest BCUT2D eigenvalue weighted by Gasteiger charge is 2.34. The van der Waals surface area contributed by atoms with Crippen molar-refractivity contribution in [3.8, 4) is 0 Å². The summed E-state index contributed by atoms with van der Waals surface area (Å²) in [5.74, 6) is -0.965. The van der Waals surface area contributed by atoms with Crippen LogP contribution < -0.4 is 5.32 Å². The van der Waals surface area contributed by atoms with Crippen molar-refractivity contribution in [2.75, 3.05) is 6.54 Å². The summed E-state index contributed by atoms with van der Waals surface area (Å²) in [4.78, 5) is 0. The number of hydrogen-bond donors (Lipinski definition) is 1. The molecule has 1 unspecified atom stereocenters. The first kappa shape index (κ1) is 15.4. The molecule has 0 amide bonds. The van der Waals surface area contributed by atoms with Crippen LogP contribution in [0.4, 0.5) is 8.78 Å². The fourth-order valence-corrected chi connectivity index (χ4v) is 3.48. The van der Waals surface area contributed by atoms with Crippen LogP contribution in [0, 0.1) is 17.0 Å². The van der Waals surface area contributed by atoms with Gasteiger partial charge >= 0.3 is 0 Å². The van der Waals surface area contributed by atoms with E-state index in [2.05, 4.69) is 19.2 Å². The van der Waals surface area contributed by atoms with Gasteiger partial charge in [0.15, 0.2) is 0 Å². The predicted molar refractivity (Wildman–Crippen MR) is 78.7 cm³/mol. The van der Waals surface area contributed by atoms with Crippen LogP contribution in [0.25, 0.3) is 0 Å². The van der Waals surface area contributed by atoms with E-state index >= 15 is 0 Å². The molecule has 0 aromatic heterocycles. The molecule has 0 radical (unpaired) electrons. The molecule has 0 bridgehead atoms. The van der Waals surface area contributed by atoms with E-state index in [0.717, 1.165) is 18.2 Å². The van der Waals surface area contributed by atoms with Gasteiger partial charge in [0.1, 0.15) is 11.6 Å². The Balaban J connectivity index is 2.15. The van der Waals surface area contributed by atoms with Crippen LogP contribution in [0.5, 0.6) is 0 Å². The van der Waals surface area contributed by atoms with Crippen molar-refractivity contribution in [2.24, 2.45) is 5.41 Å². The molecule has 1 aromatic carbocycles. The van der Waals surface area contributed by atoms with Gasteiger partial charge < -0.3 is 5.32 Å². The number of likely N-dealkylation sites (N-methyl/N-ethyl adjacent to an activating group) is 1. The maximum Gasteiger partial charge on any atom is 0.126 e. The summed E-state index contributed by atoms with van der Waals surface area (Å²) in [6, 6.07) is 4.14. The summed E-state index contributed by atoms with van der Waals surface area (Å²) in [7, 11) is 0. The number of benzene rings is 1. The lowest BCUT2D eigenvalue weighted by Gasteiger charge is -2.41. The van der Waals surface area contributed by atoms with Gasteiger partial charge in [-0.15, -0.1) is 0 Å². The third-order valence-electron chi connectivity index (χ3n) is 4.65. The average molecular weight is 281 g/mol. The Kier molecular flexibility index (Phi) is 5.14. The largest absolute Gasteiger partial charge is 0.313 e. The fourth-order valence-electron chi connectivity index (χ4n) is 3.48. The molecule has 1 saturated carbocycles. The van der Waals surface area contributed by atoms with Crippen LogP contribution in [0.1, 0.15) is 51.5 Å². The molecule has 1 nitrogen and oxygen atoms in total. The third-order valence-corrected chi connectivity index (χ3v) is 4.65. The van der Waals surface area contributed by atoms with Gasteiger partial charge in [-0.25, -0.2) is 8.78 Å². The quantitative estimate of drug-likeness (QED) is 0.840. The summed E-state index contributed by atoms with van der Waals surface area (Å²) in [5, 5.41) is 3.54. The average Bonchev–Trinajstić information content (AvgIpc) is 2.38. The summed E-state index contributed by atoms with van der Waals surface area (Å²) in [6.45, 7) is 5.29. The Bertz CT molecular complexity index is 418. The van der Waals surface area contributed by atoms with E-state index in [9.17, 15) is 8.78 Å². The number of hydrogen-bond acceptors (Lipinski definition) is 1. The molecule has 1 N–H and O–H groups in total. The van der Waals surface area contributed by atoms with Crippen molar-refractivity contribution in [1.82, 2.24) is 5.32 Å². The second kappa shape index (κ2) is 6.66. The van der Waals surface area contributed by atoms with E-state index in [4.69, 9.17) is 0 Å². The van der Waals surface area contributed by atoms with Gasteiger partial charge in [0.05, 0.1) is 0 Å². The summed E-state index contributed by atoms with van der Waals surface area (Å²) in [6.07, 6.45) is 6.92. The maximum atomic E-state index is 13.3. The molecule has 3 heteroatoms.